The minimum Gasteiger partial charge on any atom is -0.330 e. The molecule has 0 unspecified atom stereocenters. The number of ketones is 1. The van der Waals surface area contributed by atoms with Crippen LogP contribution in [0, 0.1) is 0 Å². The van der Waals surface area contributed by atoms with Gasteiger partial charge in [-0.25, -0.2) is 0 Å². The Bertz CT molecular complexity index is 1030. The van der Waals surface area contributed by atoms with Gasteiger partial charge in [0.25, 0.3) is 5.56 Å². The minimum atomic E-state index is -0.157. The molecule has 0 aliphatic carbocycles. The average molecular weight is 383 g/mol. The largest absolute Gasteiger partial charge is 0.330 e. The molecular formula is C22H23ClN2O2. The number of nitrogens with zero attached hydrogens (tertiary/aromatic N) is 1. The van der Waals surface area contributed by atoms with Gasteiger partial charge < -0.3 is 10.3 Å². The van der Waals surface area contributed by atoms with Crippen LogP contribution in [-0.2, 0) is 6.54 Å². The van der Waals surface area contributed by atoms with Gasteiger partial charge >= 0.3 is 0 Å². The fourth-order valence-electron chi connectivity index (χ4n) is 3.40. The first-order chi connectivity index (χ1) is 13.1. The van der Waals surface area contributed by atoms with E-state index in [1.165, 1.54) is 0 Å². The maximum absolute atomic E-state index is 13.2. The van der Waals surface area contributed by atoms with Crippen LogP contribution in [0.3, 0.4) is 0 Å². The quantitative estimate of drug-likeness (QED) is 0.477. The number of pyridine rings is 1. The summed E-state index contributed by atoms with van der Waals surface area (Å²) in [6.45, 7) is 2.84. The summed E-state index contributed by atoms with van der Waals surface area (Å²) in [6.07, 6.45) is 1.86. The molecule has 5 heteroatoms. The lowest BCUT2D eigenvalue weighted by molar-refractivity contribution is 0.0978. The maximum atomic E-state index is 13.2. The van der Waals surface area contributed by atoms with E-state index in [1.54, 1.807) is 22.8 Å². The summed E-state index contributed by atoms with van der Waals surface area (Å²) < 4.78 is 1.63. The number of hydrogen-bond acceptors (Lipinski definition) is 3. The summed E-state index contributed by atoms with van der Waals surface area (Å²) in [6, 6.07) is 14.9. The van der Waals surface area contributed by atoms with Crippen LogP contribution in [0.2, 0.25) is 5.02 Å². The van der Waals surface area contributed by atoms with E-state index in [1.807, 2.05) is 37.3 Å². The lowest BCUT2D eigenvalue weighted by atomic mass is 9.94. The van der Waals surface area contributed by atoms with Crippen molar-refractivity contribution >= 4 is 28.2 Å². The van der Waals surface area contributed by atoms with E-state index in [4.69, 9.17) is 17.3 Å². The van der Waals surface area contributed by atoms with E-state index in [2.05, 4.69) is 0 Å². The van der Waals surface area contributed by atoms with E-state index in [0.29, 0.717) is 41.0 Å². The first kappa shape index (κ1) is 19.3. The number of nitrogens with two attached hydrogens (primary N) is 1. The van der Waals surface area contributed by atoms with Crippen LogP contribution in [0.25, 0.3) is 21.9 Å². The normalized spacial score (nSPS) is 11.1. The third kappa shape index (κ3) is 3.82. The molecule has 0 aliphatic rings. The highest BCUT2D eigenvalue weighted by atomic mass is 35.5. The molecule has 2 N–H and O–H groups in total. The van der Waals surface area contributed by atoms with Gasteiger partial charge in [0.1, 0.15) is 0 Å². The summed E-state index contributed by atoms with van der Waals surface area (Å²) >= 11 is 6.23. The molecule has 3 aromatic rings. The molecule has 0 saturated heterocycles. The predicted molar refractivity (Wildman–Crippen MR) is 112 cm³/mol. The van der Waals surface area contributed by atoms with Gasteiger partial charge in [-0.3, -0.25) is 9.59 Å². The van der Waals surface area contributed by atoms with Crippen LogP contribution >= 0.6 is 11.6 Å². The molecule has 0 amide bonds. The number of rotatable bonds is 7. The SMILES string of the molecule is CCC(=O)c1c(-c2ccccc2)c2cc(Cl)ccc2c(=O)n1CCCCN. The van der Waals surface area contributed by atoms with Gasteiger partial charge in [0.2, 0.25) is 0 Å². The third-order valence-corrected chi connectivity index (χ3v) is 4.95. The molecule has 2 aromatic carbocycles. The molecule has 140 valence electrons. The Morgan fingerprint density at radius 3 is 2.48 bits per heavy atom. The Hall–Kier alpha value is -2.43. The third-order valence-electron chi connectivity index (χ3n) is 4.72. The van der Waals surface area contributed by atoms with Crippen LogP contribution in [-0.4, -0.2) is 16.9 Å². The molecule has 27 heavy (non-hydrogen) atoms. The second kappa shape index (κ2) is 8.51. The Kier molecular flexibility index (Phi) is 6.09. The number of halogens is 1. The van der Waals surface area contributed by atoms with Crippen LogP contribution in [0.15, 0.2) is 53.3 Å². The van der Waals surface area contributed by atoms with E-state index in [0.717, 1.165) is 24.0 Å². The van der Waals surface area contributed by atoms with Crippen molar-refractivity contribution < 1.29 is 4.79 Å². The summed E-state index contributed by atoms with van der Waals surface area (Å²) in [7, 11) is 0. The second-order valence-corrected chi connectivity index (χ2v) is 6.95. The fourth-order valence-corrected chi connectivity index (χ4v) is 3.57. The van der Waals surface area contributed by atoms with Crippen LogP contribution in [0.1, 0.15) is 36.7 Å². The van der Waals surface area contributed by atoms with Crippen molar-refractivity contribution in [3.8, 4) is 11.1 Å². The molecule has 0 atom stereocenters. The summed E-state index contributed by atoms with van der Waals surface area (Å²) in [5.74, 6) is -0.0550. The van der Waals surface area contributed by atoms with Gasteiger partial charge in [0, 0.05) is 28.9 Å². The highest BCUT2D eigenvalue weighted by Crippen LogP contribution is 2.33. The molecule has 0 bridgehead atoms. The lowest BCUT2D eigenvalue weighted by Gasteiger charge is -2.19. The average Bonchev–Trinajstić information content (AvgIpc) is 2.69. The molecule has 0 fully saturated rings. The van der Waals surface area contributed by atoms with E-state index < -0.39 is 0 Å². The Balaban J connectivity index is 2.43. The summed E-state index contributed by atoms with van der Waals surface area (Å²) in [5, 5.41) is 1.82. The van der Waals surface area contributed by atoms with Crippen molar-refractivity contribution in [1.29, 1.82) is 0 Å². The minimum absolute atomic E-state index is 0.0550. The summed E-state index contributed by atoms with van der Waals surface area (Å²) in [5.41, 5.74) is 7.58. The Labute approximate surface area is 163 Å². The first-order valence-corrected chi connectivity index (χ1v) is 9.61. The first-order valence-electron chi connectivity index (χ1n) is 9.23. The number of fused-ring (bicyclic) bond motifs is 1. The topological polar surface area (TPSA) is 65.1 Å². The molecule has 0 aliphatic heterocycles. The molecule has 1 heterocycles. The lowest BCUT2D eigenvalue weighted by Crippen LogP contribution is -2.27. The van der Waals surface area contributed by atoms with Crippen molar-refractivity contribution in [3.63, 3.8) is 0 Å². The van der Waals surface area contributed by atoms with Crippen molar-refractivity contribution in [2.45, 2.75) is 32.7 Å². The number of unbranched alkanes of at least 4 members (excludes halogenated alkanes) is 1. The molecule has 0 saturated carbocycles. The molecule has 3 rings (SSSR count). The number of Topliss-reactive ketones (excluding diaryl/α,β-unsaturated/α-hetero) is 1. The van der Waals surface area contributed by atoms with Gasteiger partial charge in [-0.2, -0.15) is 0 Å². The maximum Gasteiger partial charge on any atom is 0.259 e. The summed E-state index contributed by atoms with van der Waals surface area (Å²) in [4.78, 5) is 26.1. The van der Waals surface area contributed by atoms with Gasteiger partial charge in [0.15, 0.2) is 5.78 Å². The number of hydrogen-bond donors (Lipinski definition) is 1. The van der Waals surface area contributed by atoms with Gasteiger partial charge in [-0.1, -0.05) is 48.9 Å². The van der Waals surface area contributed by atoms with Crippen LogP contribution in [0.5, 0.6) is 0 Å². The van der Waals surface area contributed by atoms with E-state index in [9.17, 15) is 9.59 Å². The Morgan fingerprint density at radius 2 is 1.81 bits per heavy atom. The van der Waals surface area contributed by atoms with Crippen LogP contribution in [0.4, 0.5) is 0 Å². The fraction of sp³-hybridized carbons (Fsp3) is 0.273. The highest BCUT2D eigenvalue weighted by Gasteiger charge is 2.22. The van der Waals surface area contributed by atoms with Crippen molar-refractivity contribution in [1.82, 2.24) is 4.57 Å². The molecule has 0 spiro atoms. The molecular weight excluding hydrogens is 360 g/mol. The van der Waals surface area contributed by atoms with Crippen molar-refractivity contribution in [2.75, 3.05) is 6.54 Å². The zero-order valence-electron chi connectivity index (χ0n) is 15.4. The monoisotopic (exact) mass is 382 g/mol. The number of benzene rings is 2. The number of carbonyl (C=O) groups excluding carboxylic acids is 1. The highest BCUT2D eigenvalue weighted by molar-refractivity contribution is 6.31. The van der Waals surface area contributed by atoms with E-state index >= 15 is 0 Å². The van der Waals surface area contributed by atoms with Gasteiger partial charge in [-0.15, -0.1) is 0 Å². The van der Waals surface area contributed by atoms with E-state index in [-0.39, 0.29) is 11.3 Å². The standard InChI is InChI=1S/C22H23ClN2O2/c1-2-19(26)21-20(15-8-4-3-5-9-15)18-14-16(23)10-11-17(18)22(27)25(21)13-7-6-12-24/h3-5,8-11,14H,2,6-7,12-13,24H2,1H3. The zero-order valence-corrected chi connectivity index (χ0v) is 16.1. The second-order valence-electron chi connectivity index (χ2n) is 6.51. The van der Waals surface area contributed by atoms with Gasteiger partial charge in [0.05, 0.1) is 5.69 Å². The smallest absolute Gasteiger partial charge is 0.259 e. The predicted octanol–water partition coefficient (Wildman–Crippen LogP) is 4.65. The Morgan fingerprint density at radius 1 is 1.07 bits per heavy atom. The number of carbonyl (C=O) groups is 1. The van der Waals surface area contributed by atoms with Crippen molar-refractivity contribution in [3.05, 3.63) is 69.6 Å². The zero-order chi connectivity index (χ0) is 19.4. The van der Waals surface area contributed by atoms with Crippen molar-refractivity contribution in [2.24, 2.45) is 5.73 Å². The van der Waals surface area contributed by atoms with Gasteiger partial charge in [-0.05, 0) is 48.5 Å². The molecule has 4 nitrogen and oxygen atoms in total. The number of aromatic nitrogens is 1. The van der Waals surface area contributed by atoms with Crippen LogP contribution < -0.4 is 11.3 Å². The molecule has 1 aromatic heterocycles. The molecule has 0 radical (unpaired) electrons.